The number of pyridine rings is 1. The summed E-state index contributed by atoms with van der Waals surface area (Å²) in [6, 6.07) is 15.4. The van der Waals surface area contributed by atoms with Gasteiger partial charge in [-0.1, -0.05) is 25.1 Å². The molecule has 0 spiro atoms. The fourth-order valence-electron chi connectivity index (χ4n) is 3.56. The number of hydrogen-bond donors (Lipinski definition) is 0. The van der Waals surface area contributed by atoms with Gasteiger partial charge in [-0.25, -0.2) is 0 Å². The van der Waals surface area contributed by atoms with E-state index in [4.69, 9.17) is 0 Å². The third-order valence-electron chi connectivity index (χ3n) is 5.32. The molecule has 0 saturated heterocycles. The highest BCUT2D eigenvalue weighted by Gasteiger charge is 2.53. The molecule has 1 aliphatic heterocycles. The van der Waals surface area contributed by atoms with Crippen LogP contribution in [-0.2, 0) is 11.0 Å². The highest BCUT2D eigenvalue weighted by Crippen LogP contribution is 2.47. The number of rotatable bonds is 1. The van der Waals surface area contributed by atoms with Gasteiger partial charge >= 0.3 is 0 Å². The topological polar surface area (TPSA) is 3.88 Å². The molecule has 2 heterocycles. The summed E-state index contributed by atoms with van der Waals surface area (Å²) in [6.45, 7) is 9.41. The Hall–Kier alpha value is -1.63. The van der Waals surface area contributed by atoms with Gasteiger partial charge in [0.2, 0.25) is 5.69 Å². The summed E-state index contributed by atoms with van der Waals surface area (Å²) < 4.78 is 2.44. The molecular weight excluding hydrogens is 230 g/mol. The molecule has 1 aliphatic rings. The maximum Gasteiger partial charge on any atom is 0.213 e. The molecular formula is C18H22N+. The molecule has 0 radical (unpaired) electrons. The molecule has 1 atom stereocenters. The summed E-state index contributed by atoms with van der Waals surface area (Å²) in [7, 11) is 0. The van der Waals surface area contributed by atoms with E-state index in [0.717, 1.165) is 6.42 Å². The fourth-order valence-corrected chi connectivity index (χ4v) is 3.56. The molecule has 1 aromatic carbocycles. The second-order valence-electron chi connectivity index (χ2n) is 6.25. The molecule has 0 fully saturated rings. The smallest absolute Gasteiger partial charge is 0.193 e. The van der Waals surface area contributed by atoms with Crippen LogP contribution in [0.3, 0.4) is 0 Å². The van der Waals surface area contributed by atoms with Crippen molar-refractivity contribution in [1.29, 1.82) is 0 Å². The molecule has 0 aliphatic carbocycles. The van der Waals surface area contributed by atoms with Gasteiger partial charge in [-0.15, -0.1) is 0 Å². The first-order chi connectivity index (χ1) is 9.02. The Morgan fingerprint density at radius 3 is 2.37 bits per heavy atom. The Kier molecular flexibility index (Phi) is 2.57. The van der Waals surface area contributed by atoms with Crippen molar-refractivity contribution in [2.45, 2.75) is 45.1 Å². The Labute approximate surface area is 115 Å². The zero-order valence-electron chi connectivity index (χ0n) is 12.3. The van der Waals surface area contributed by atoms with Crippen LogP contribution in [0.1, 0.15) is 39.7 Å². The summed E-state index contributed by atoms with van der Waals surface area (Å²) in [5.41, 5.74) is 4.42. The summed E-state index contributed by atoms with van der Waals surface area (Å²) in [5, 5.41) is 0. The van der Waals surface area contributed by atoms with Crippen molar-refractivity contribution in [3.63, 3.8) is 0 Å². The maximum atomic E-state index is 2.44. The van der Waals surface area contributed by atoms with Crippen LogP contribution in [0.2, 0.25) is 0 Å². The van der Waals surface area contributed by atoms with Gasteiger partial charge in [0, 0.05) is 26.0 Å². The van der Waals surface area contributed by atoms with E-state index in [0.29, 0.717) is 0 Å². The predicted molar refractivity (Wildman–Crippen MR) is 79.0 cm³/mol. The molecule has 0 saturated carbocycles. The van der Waals surface area contributed by atoms with E-state index in [1.807, 2.05) is 0 Å². The first kappa shape index (κ1) is 12.4. The Bertz CT molecular complexity index is 627. The summed E-state index contributed by atoms with van der Waals surface area (Å²) in [4.78, 5) is 0. The van der Waals surface area contributed by atoms with Gasteiger partial charge in [-0.3, -0.25) is 0 Å². The molecule has 1 nitrogen and oxygen atoms in total. The van der Waals surface area contributed by atoms with Crippen molar-refractivity contribution in [3.05, 3.63) is 54.2 Å². The molecule has 3 rings (SSSR count). The normalized spacial score (nSPS) is 23.6. The minimum absolute atomic E-state index is 0.0761. The van der Waals surface area contributed by atoms with Crippen molar-refractivity contribution >= 4 is 0 Å². The van der Waals surface area contributed by atoms with Crippen LogP contribution in [-0.4, -0.2) is 0 Å². The SMILES string of the molecule is CCC1(C)c2ccccc2-c2cccc[n+]2C1(C)C. The van der Waals surface area contributed by atoms with Crippen LogP contribution in [0, 0.1) is 0 Å². The van der Waals surface area contributed by atoms with Crippen LogP contribution in [0.5, 0.6) is 0 Å². The summed E-state index contributed by atoms with van der Waals surface area (Å²) in [5.74, 6) is 0. The van der Waals surface area contributed by atoms with Gasteiger partial charge < -0.3 is 0 Å². The molecule has 1 aromatic heterocycles. The standard InChI is InChI=1S/C18H22N/c1-5-18(4)15-11-7-6-10-14(15)16-12-8-9-13-19(16)17(18,2)3/h6-13H,5H2,1-4H3/q+1. The van der Waals surface area contributed by atoms with E-state index in [9.17, 15) is 0 Å². The maximum absolute atomic E-state index is 2.44. The Morgan fingerprint density at radius 1 is 0.947 bits per heavy atom. The van der Waals surface area contributed by atoms with Gasteiger partial charge in [-0.2, -0.15) is 4.57 Å². The first-order valence-corrected chi connectivity index (χ1v) is 7.13. The van der Waals surface area contributed by atoms with Gasteiger partial charge in [-0.05, 0) is 31.0 Å². The van der Waals surface area contributed by atoms with E-state index >= 15 is 0 Å². The highest BCUT2D eigenvalue weighted by atomic mass is 15.1. The molecule has 1 heteroatoms. The summed E-state index contributed by atoms with van der Waals surface area (Å²) >= 11 is 0. The zero-order chi connectivity index (χ0) is 13.7. The lowest BCUT2D eigenvalue weighted by atomic mass is 9.62. The average molecular weight is 252 g/mol. The molecule has 2 aromatic rings. The minimum atomic E-state index is 0.0761. The molecule has 1 unspecified atom stereocenters. The summed E-state index contributed by atoms with van der Waals surface area (Å²) in [6.07, 6.45) is 3.36. The lowest BCUT2D eigenvalue weighted by Gasteiger charge is -2.44. The molecule has 98 valence electrons. The Balaban J connectivity index is 2.42. The van der Waals surface area contributed by atoms with E-state index in [-0.39, 0.29) is 11.0 Å². The third-order valence-corrected chi connectivity index (χ3v) is 5.32. The number of hydrogen-bond acceptors (Lipinski definition) is 0. The predicted octanol–water partition coefficient (Wildman–Crippen LogP) is 4.06. The van der Waals surface area contributed by atoms with E-state index in [2.05, 4.69) is 80.9 Å². The zero-order valence-corrected chi connectivity index (χ0v) is 12.3. The molecule has 19 heavy (non-hydrogen) atoms. The van der Waals surface area contributed by atoms with Crippen molar-refractivity contribution in [2.75, 3.05) is 0 Å². The quantitative estimate of drug-likeness (QED) is 0.674. The van der Waals surface area contributed by atoms with Crippen LogP contribution in [0.15, 0.2) is 48.7 Å². The molecule has 0 bridgehead atoms. The highest BCUT2D eigenvalue weighted by molar-refractivity contribution is 5.65. The largest absolute Gasteiger partial charge is 0.213 e. The van der Waals surface area contributed by atoms with E-state index in [1.54, 1.807) is 0 Å². The van der Waals surface area contributed by atoms with Crippen LogP contribution < -0.4 is 4.57 Å². The second-order valence-corrected chi connectivity index (χ2v) is 6.25. The van der Waals surface area contributed by atoms with E-state index < -0.39 is 0 Å². The number of nitrogens with zero attached hydrogens (tertiary/aromatic N) is 1. The number of fused-ring (bicyclic) bond motifs is 3. The van der Waals surface area contributed by atoms with Crippen LogP contribution in [0.25, 0.3) is 11.3 Å². The lowest BCUT2D eigenvalue weighted by molar-refractivity contribution is -0.760. The van der Waals surface area contributed by atoms with Gasteiger partial charge in [0.1, 0.15) is 0 Å². The average Bonchev–Trinajstić information content (AvgIpc) is 2.45. The number of benzene rings is 1. The van der Waals surface area contributed by atoms with Crippen LogP contribution in [0.4, 0.5) is 0 Å². The third kappa shape index (κ3) is 1.44. The monoisotopic (exact) mass is 252 g/mol. The lowest BCUT2D eigenvalue weighted by Crippen LogP contribution is -2.66. The van der Waals surface area contributed by atoms with Crippen LogP contribution >= 0.6 is 0 Å². The van der Waals surface area contributed by atoms with Crippen molar-refractivity contribution in [2.24, 2.45) is 0 Å². The van der Waals surface area contributed by atoms with Gasteiger partial charge in [0.05, 0.1) is 11.0 Å². The molecule has 0 N–H and O–H groups in total. The second kappa shape index (κ2) is 3.93. The fraction of sp³-hybridized carbons (Fsp3) is 0.389. The first-order valence-electron chi connectivity index (χ1n) is 7.13. The Morgan fingerprint density at radius 2 is 1.63 bits per heavy atom. The van der Waals surface area contributed by atoms with Crippen molar-refractivity contribution in [3.8, 4) is 11.3 Å². The van der Waals surface area contributed by atoms with Crippen molar-refractivity contribution < 1.29 is 4.57 Å². The number of aromatic nitrogens is 1. The molecule has 0 amide bonds. The van der Waals surface area contributed by atoms with Gasteiger partial charge in [0.25, 0.3) is 0 Å². The van der Waals surface area contributed by atoms with Crippen molar-refractivity contribution in [1.82, 2.24) is 0 Å². The minimum Gasteiger partial charge on any atom is -0.193 e. The van der Waals surface area contributed by atoms with Gasteiger partial charge in [0.15, 0.2) is 11.7 Å². The van der Waals surface area contributed by atoms with E-state index in [1.165, 1.54) is 16.8 Å².